The molecule has 2 aliphatic rings. The molecule has 2 rings (SSSR count). The first-order valence-electron chi connectivity index (χ1n) is 4.01. The van der Waals surface area contributed by atoms with Gasteiger partial charge < -0.3 is 4.48 Å². The van der Waals surface area contributed by atoms with Crippen molar-refractivity contribution in [3.05, 3.63) is 0 Å². The van der Waals surface area contributed by atoms with Crippen LogP contribution in [0.3, 0.4) is 0 Å². The molecule has 2 atom stereocenters. The minimum Gasteiger partial charge on any atom is -0.326 e. The number of nitrogens with zero attached hydrogens (tertiary/aromatic N) is 1. The lowest BCUT2D eigenvalue weighted by atomic mass is 10.1. The summed E-state index contributed by atoms with van der Waals surface area (Å²) in [6.07, 6.45) is 4.54. The number of hydrogen-bond donors (Lipinski definition) is 0. The molecule has 2 bridgehead atoms. The zero-order valence-electron chi connectivity index (χ0n) is 6.43. The van der Waals surface area contributed by atoms with Crippen LogP contribution in [-0.4, -0.2) is 31.2 Å². The van der Waals surface area contributed by atoms with Crippen LogP contribution in [0, 0.1) is 5.92 Å². The highest BCUT2D eigenvalue weighted by Crippen LogP contribution is 2.40. The van der Waals surface area contributed by atoms with E-state index >= 15 is 0 Å². The van der Waals surface area contributed by atoms with Crippen LogP contribution in [0.25, 0.3) is 0 Å². The molecule has 1 saturated carbocycles. The molecule has 1 saturated heterocycles. The van der Waals surface area contributed by atoms with Crippen LogP contribution in [0.5, 0.6) is 0 Å². The van der Waals surface area contributed by atoms with Gasteiger partial charge >= 0.3 is 0 Å². The number of quaternary nitrogens is 1. The Morgan fingerprint density at radius 1 is 1.22 bits per heavy atom. The van der Waals surface area contributed by atoms with Crippen LogP contribution in [0.1, 0.15) is 19.3 Å². The molecule has 0 N–H and O–H groups in total. The zero-order valence-corrected chi connectivity index (χ0v) is 6.43. The van der Waals surface area contributed by atoms with E-state index in [1.54, 1.807) is 0 Å². The summed E-state index contributed by atoms with van der Waals surface area (Å²) in [4.78, 5) is 0. The standard InChI is InChI=1S/C8H16N/c1-9(2)6-7-3-4-8(9)5-7/h7-8H,3-6H2,1-2H3/q+1. The lowest BCUT2D eigenvalue weighted by molar-refractivity contribution is -0.907. The molecule has 1 aliphatic heterocycles. The molecule has 1 nitrogen and oxygen atoms in total. The van der Waals surface area contributed by atoms with E-state index in [0.717, 1.165) is 12.0 Å². The first kappa shape index (κ1) is 5.72. The Morgan fingerprint density at radius 3 is 2.22 bits per heavy atom. The highest BCUT2D eigenvalue weighted by Gasteiger charge is 2.45. The van der Waals surface area contributed by atoms with Crippen molar-refractivity contribution >= 4 is 0 Å². The van der Waals surface area contributed by atoms with Gasteiger partial charge in [0, 0.05) is 12.3 Å². The third kappa shape index (κ3) is 0.710. The molecule has 1 aliphatic carbocycles. The van der Waals surface area contributed by atoms with Gasteiger partial charge in [0.05, 0.1) is 26.7 Å². The van der Waals surface area contributed by atoms with E-state index in [0.29, 0.717) is 0 Å². The van der Waals surface area contributed by atoms with Crippen LogP contribution < -0.4 is 0 Å². The summed E-state index contributed by atoms with van der Waals surface area (Å²) in [5.74, 6) is 1.09. The number of fused-ring (bicyclic) bond motifs is 2. The maximum atomic E-state index is 2.38. The fourth-order valence-corrected chi connectivity index (χ4v) is 2.66. The molecule has 52 valence electrons. The molecule has 1 heterocycles. The molecule has 2 unspecified atom stereocenters. The van der Waals surface area contributed by atoms with Gasteiger partial charge in [-0.25, -0.2) is 0 Å². The van der Waals surface area contributed by atoms with Crippen LogP contribution in [0.2, 0.25) is 0 Å². The second-order valence-corrected chi connectivity index (χ2v) is 4.29. The van der Waals surface area contributed by atoms with E-state index in [2.05, 4.69) is 14.1 Å². The molecule has 0 radical (unpaired) electrons. The van der Waals surface area contributed by atoms with Gasteiger partial charge in [0.1, 0.15) is 0 Å². The van der Waals surface area contributed by atoms with Gasteiger partial charge in [0.15, 0.2) is 0 Å². The number of rotatable bonds is 0. The van der Waals surface area contributed by atoms with Gasteiger partial charge in [0.25, 0.3) is 0 Å². The van der Waals surface area contributed by atoms with Crippen molar-refractivity contribution in [1.82, 2.24) is 0 Å². The molecular weight excluding hydrogens is 110 g/mol. The zero-order chi connectivity index (χ0) is 6.48. The maximum Gasteiger partial charge on any atom is 0.0891 e. The summed E-state index contributed by atoms with van der Waals surface area (Å²) in [6, 6.07) is 1.02. The van der Waals surface area contributed by atoms with Gasteiger partial charge in [-0.15, -0.1) is 0 Å². The fourth-order valence-electron chi connectivity index (χ4n) is 2.66. The fraction of sp³-hybridized carbons (Fsp3) is 1.00. The maximum absolute atomic E-state index is 2.38. The number of piperidine rings is 1. The van der Waals surface area contributed by atoms with Crippen molar-refractivity contribution in [1.29, 1.82) is 0 Å². The van der Waals surface area contributed by atoms with Crippen molar-refractivity contribution in [3.63, 3.8) is 0 Å². The van der Waals surface area contributed by atoms with Crippen molar-refractivity contribution < 1.29 is 4.48 Å². The van der Waals surface area contributed by atoms with Gasteiger partial charge in [0.2, 0.25) is 0 Å². The third-order valence-corrected chi connectivity index (χ3v) is 3.23. The molecule has 0 amide bonds. The Balaban J connectivity index is 2.18. The minimum atomic E-state index is 1.02. The first-order valence-corrected chi connectivity index (χ1v) is 4.01. The molecular formula is C8H16N+. The highest BCUT2D eigenvalue weighted by atomic mass is 15.4. The lowest BCUT2D eigenvalue weighted by Gasteiger charge is -2.33. The Hall–Kier alpha value is -0.0400. The van der Waals surface area contributed by atoms with Crippen LogP contribution in [0.4, 0.5) is 0 Å². The van der Waals surface area contributed by atoms with Crippen LogP contribution in [0.15, 0.2) is 0 Å². The second kappa shape index (κ2) is 1.51. The molecule has 9 heavy (non-hydrogen) atoms. The molecule has 1 heteroatoms. The van der Waals surface area contributed by atoms with Crippen molar-refractivity contribution in [2.24, 2.45) is 5.92 Å². The monoisotopic (exact) mass is 126 g/mol. The third-order valence-electron chi connectivity index (χ3n) is 3.23. The van der Waals surface area contributed by atoms with E-state index in [9.17, 15) is 0 Å². The number of likely N-dealkylation sites (tertiary alicyclic amines) is 1. The smallest absolute Gasteiger partial charge is 0.0891 e. The summed E-state index contributed by atoms with van der Waals surface area (Å²) in [5, 5.41) is 0. The summed E-state index contributed by atoms with van der Waals surface area (Å²) < 4.78 is 1.31. The van der Waals surface area contributed by atoms with Crippen LogP contribution >= 0.6 is 0 Å². The van der Waals surface area contributed by atoms with E-state index in [1.165, 1.54) is 30.3 Å². The molecule has 0 aromatic rings. The second-order valence-electron chi connectivity index (χ2n) is 4.29. The van der Waals surface area contributed by atoms with Crippen LogP contribution in [-0.2, 0) is 0 Å². The topological polar surface area (TPSA) is 0 Å². The van der Waals surface area contributed by atoms with Gasteiger partial charge in [-0.2, -0.15) is 0 Å². The van der Waals surface area contributed by atoms with E-state index in [1.807, 2.05) is 0 Å². The summed E-state index contributed by atoms with van der Waals surface area (Å²) in [6.45, 7) is 1.45. The predicted octanol–water partition coefficient (Wildman–Crippen LogP) is 1.25. The summed E-state index contributed by atoms with van der Waals surface area (Å²) >= 11 is 0. The average Bonchev–Trinajstić information content (AvgIpc) is 2.19. The summed E-state index contributed by atoms with van der Waals surface area (Å²) in [5.41, 5.74) is 0. The van der Waals surface area contributed by atoms with Gasteiger partial charge in [-0.05, 0) is 12.8 Å². The number of hydrogen-bond acceptors (Lipinski definition) is 0. The van der Waals surface area contributed by atoms with Crippen molar-refractivity contribution in [2.75, 3.05) is 20.6 Å². The minimum absolute atomic E-state index is 1.02. The van der Waals surface area contributed by atoms with E-state index in [-0.39, 0.29) is 0 Å². The Labute approximate surface area is 57.3 Å². The lowest BCUT2D eigenvalue weighted by Crippen LogP contribution is -2.45. The predicted molar refractivity (Wildman–Crippen MR) is 38.1 cm³/mol. The molecule has 0 spiro atoms. The Bertz CT molecular complexity index is 129. The molecule has 0 aromatic carbocycles. The molecule has 0 aromatic heterocycles. The normalized spacial score (nSPS) is 46.0. The van der Waals surface area contributed by atoms with Gasteiger partial charge in [-0.1, -0.05) is 0 Å². The summed E-state index contributed by atoms with van der Waals surface area (Å²) in [7, 11) is 4.76. The van der Waals surface area contributed by atoms with Crippen molar-refractivity contribution in [2.45, 2.75) is 25.3 Å². The van der Waals surface area contributed by atoms with Crippen molar-refractivity contribution in [3.8, 4) is 0 Å². The highest BCUT2D eigenvalue weighted by molar-refractivity contribution is 4.82. The Morgan fingerprint density at radius 2 is 2.00 bits per heavy atom. The molecule has 2 fully saturated rings. The van der Waals surface area contributed by atoms with Gasteiger partial charge in [-0.3, -0.25) is 0 Å². The first-order chi connectivity index (χ1) is 4.18. The largest absolute Gasteiger partial charge is 0.326 e. The Kier molecular flexibility index (Phi) is 0.963. The average molecular weight is 126 g/mol. The van der Waals surface area contributed by atoms with E-state index < -0.39 is 0 Å². The van der Waals surface area contributed by atoms with E-state index in [4.69, 9.17) is 0 Å². The quantitative estimate of drug-likeness (QED) is 0.428. The SMILES string of the molecule is C[N+]1(C)CC2CCC1C2.